The maximum atomic E-state index is 13.1. The van der Waals surface area contributed by atoms with Crippen molar-refractivity contribution in [3.05, 3.63) is 52.2 Å². The second-order valence-corrected chi connectivity index (χ2v) is 10.1. The molecule has 3 heterocycles. The van der Waals surface area contributed by atoms with Crippen molar-refractivity contribution < 1.29 is 69.7 Å². The maximum absolute atomic E-state index is 13.1. The SMILES string of the molecule is O=c1cc(-c2ccc(O)cc2)oc2cc(O)c(C3OC(CO)C(O)C(O)C3OC3OC(CO)C(O)C(O)C3O)c(O)c12. The Hall–Kier alpha value is -3.35. The van der Waals surface area contributed by atoms with E-state index in [0.29, 0.717) is 5.56 Å². The summed E-state index contributed by atoms with van der Waals surface area (Å²) >= 11 is 0. The van der Waals surface area contributed by atoms with Crippen LogP contribution < -0.4 is 5.43 Å². The highest BCUT2D eigenvalue weighted by atomic mass is 16.7. The average Bonchev–Trinajstić information content (AvgIpc) is 2.96. The van der Waals surface area contributed by atoms with E-state index in [4.69, 9.17) is 18.6 Å². The first-order valence-corrected chi connectivity index (χ1v) is 12.9. The van der Waals surface area contributed by atoms with Crippen LogP contribution in [0.2, 0.25) is 0 Å². The largest absolute Gasteiger partial charge is 0.508 e. The Balaban J connectivity index is 1.58. The van der Waals surface area contributed by atoms with E-state index in [1.807, 2.05) is 0 Å². The molecule has 0 radical (unpaired) electrons. The number of aliphatic hydroxyl groups is 7. The zero-order chi connectivity index (χ0) is 30.5. The third kappa shape index (κ3) is 5.20. The molecule has 2 aromatic carbocycles. The van der Waals surface area contributed by atoms with Gasteiger partial charge in [0.25, 0.3) is 0 Å². The van der Waals surface area contributed by atoms with Gasteiger partial charge in [-0.1, -0.05) is 0 Å². The van der Waals surface area contributed by atoms with E-state index in [-0.39, 0.29) is 17.1 Å². The molecule has 2 fully saturated rings. The molecule has 0 bridgehead atoms. The summed E-state index contributed by atoms with van der Waals surface area (Å²) in [6, 6.07) is 7.75. The molecule has 5 rings (SSSR count). The van der Waals surface area contributed by atoms with Gasteiger partial charge >= 0.3 is 0 Å². The highest BCUT2D eigenvalue weighted by Gasteiger charge is 2.52. The normalized spacial score (nSPS) is 33.6. The molecule has 228 valence electrons. The summed E-state index contributed by atoms with van der Waals surface area (Å²) in [5.41, 5.74) is -1.10. The lowest BCUT2D eigenvalue weighted by atomic mass is 9.89. The number of hydrogen-bond donors (Lipinski definition) is 10. The van der Waals surface area contributed by atoms with Gasteiger partial charge < -0.3 is 69.7 Å². The first kappa shape index (κ1) is 30.1. The van der Waals surface area contributed by atoms with E-state index in [2.05, 4.69) is 0 Å². The zero-order valence-electron chi connectivity index (χ0n) is 21.7. The van der Waals surface area contributed by atoms with Crippen LogP contribution in [0.1, 0.15) is 11.7 Å². The van der Waals surface area contributed by atoms with Crippen molar-refractivity contribution in [2.24, 2.45) is 0 Å². The predicted molar refractivity (Wildman–Crippen MR) is 138 cm³/mol. The van der Waals surface area contributed by atoms with Gasteiger partial charge in [-0.2, -0.15) is 0 Å². The fraction of sp³-hybridized carbons (Fsp3) is 0.444. The van der Waals surface area contributed by atoms with Gasteiger partial charge in [-0.05, 0) is 24.3 Å². The van der Waals surface area contributed by atoms with Crippen LogP contribution in [0, 0.1) is 0 Å². The molecule has 0 spiro atoms. The molecule has 10 atom stereocenters. The van der Waals surface area contributed by atoms with Gasteiger partial charge in [-0.15, -0.1) is 0 Å². The fourth-order valence-corrected chi connectivity index (χ4v) is 5.16. The number of aliphatic hydroxyl groups excluding tert-OH is 7. The van der Waals surface area contributed by atoms with Gasteiger partial charge in [0, 0.05) is 17.7 Å². The highest BCUT2D eigenvalue weighted by molar-refractivity contribution is 5.88. The highest BCUT2D eigenvalue weighted by Crippen LogP contribution is 2.46. The molecule has 1 aromatic heterocycles. The Kier molecular flexibility index (Phi) is 8.41. The number of phenolic OH excluding ortho intramolecular Hbond substituents is 3. The lowest BCUT2D eigenvalue weighted by Crippen LogP contribution is -2.62. The van der Waals surface area contributed by atoms with Gasteiger partial charge in [-0.3, -0.25) is 4.79 Å². The lowest BCUT2D eigenvalue weighted by Gasteiger charge is -2.46. The summed E-state index contributed by atoms with van der Waals surface area (Å²) in [6.45, 7) is -1.62. The second kappa shape index (κ2) is 11.7. The van der Waals surface area contributed by atoms with Crippen molar-refractivity contribution in [2.45, 2.75) is 61.2 Å². The van der Waals surface area contributed by atoms with Crippen molar-refractivity contribution >= 4 is 11.0 Å². The average molecular weight is 595 g/mol. The molecule has 10 unspecified atom stereocenters. The Bertz CT molecular complexity index is 1470. The van der Waals surface area contributed by atoms with E-state index < -0.39 is 102 Å². The van der Waals surface area contributed by atoms with Crippen LogP contribution in [0.15, 0.2) is 45.6 Å². The molecule has 15 nitrogen and oxygen atoms in total. The molecule has 0 amide bonds. The molecular formula is C27H30O15. The number of benzene rings is 2. The first-order valence-electron chi connectivity index (χ1n) is 12.9. The molecule has 2 saturated heterocycles. The van der Waals surface area contributed by atoms with Crippen molar-refractivity contribution in [1.29, 1.82) is 0 Å². The summed E-state index contributed by atoms with van der Waals surface area (Å²) in [5.74, 6) is -1.53. The predicted octanol–water partition coefficient (Wildman–Crippen LogP) is -2.08. The summed E-state index contributed by atoms with van der Waals surface area (Å²) < 4.78 is 22.4. The maximum Gasteiger partial charge on any atom is 0.197 e. The number of rotatable bonds is 6. The van der Waals surface area contributed by atoms with E-state index in [1.54, 1.807) is 0 Å². The van der Waals surface area contributed by atoms with E-state index in [9.17, 15) is 55.9 Å². The molecule has 2 aliphatic rings. The van der Waals surface area contributed by atoms with Crippen molar-refractivity contribution in [3.8, 4) is 28.6 Å². The van der Waals surface area contributed by atoms with Crippen LogP contribution in [-0.4, -0.2) is 119 Å². The Labute approximate surface area is 236 Å². The Morgan fingerprint density at radius 3 is 2.02 bits per heavy atom. The van der Waals surface area contributed by atoms with E-state index >= 15 is 0 Å². The minimum atomic E-state index is -1.92. The smallest absolute Gasteiger partial charge is 0.197 e. The third-order valence-electron chi connectivity index (χ3n) is 7.45. The van der Waals surface area contributed by atoms with Crippen LogP contribution in [0.3, 0.4) is 0 Å². The van der Waals surface area contributed by atoms with Crippen LogP contribution in [0.4, 0.5) is 0 Å². The molecular weight excluding hydrogens is 564 g/mol. The summed E-state index contributed by atoms with van der Waals surface area (Å²) in [7, 11) is 0. The Morgan fingerprint density at radius 1 is 0.762 bits per heavy atom. The zero-order valence-corrected chi connectivity index (χ0v) is 21.7. The second-order valence-electron chi connectivity index (χ2n) is 10.1. The molecule has 0 saturated carbocycles. The van der Waals surface area contributed by atoms with Crippen LogP contribution in [0.5, 0.6) is 17.2 Å². The number of phenols is 3. The number of hydrogen-bond acceptors (Lipinski definition) is 15. The monoisotopic (exact) mass is 594 g/mol. The standard InChI is InChI=1S/C27H30O15/c28-7-15-20(34)23(37)26(42-27-24(38)22(36)19(33)16(8-29)41-27)25(40-15)18-12(32)6-14-17(21(18)35)11(31)5-13(39-14)9-1-3-10(30)4-2-9/h1-6,15-16,19-20,22-30,32-38H,7-8H2. The molecule has 3 aromatic rings. The summed E-state index contributed by atoms with van der Waals surface area (Å²) in [4.78, 5) is 13.1. The fourth-order valence-electron chi connectivity index (χ4n) is 5.16. The molecule has 0 aliphatic carbocycles. The number of aromatic hydroxyl groups is 3. The van der Waals surface area contributed by atoms with E-state index in [0.717, 1.165) is 12.1 Å². The molecule has 2 aliphatic heterocycles. The number of ether oxygens (including phenoxy) is 3. The summed E-state index contributed by atoms with van der Waals surface area (Å²) in [6.07, 6.45) is -17.4. The van der Waals surface area contributed by atoms with Crippen molar-refractivity contribution in [1.82, 2.24) is 0 Å². The first-order chi connectivity index (χ1) is 20.0. The third-order valence-corrected chi connectivity index (χ3v) is 7.45. The Morgan fingerprint density at radius 2 is 1.38 bits per heavy atom. The van der Waals surface area contributed by atoms with Gasteiger partial charge in [0.1, 0.15) is 88.9 Å². The minimum Gasteiger partial charge on any atom is -0.508 e. The van der Waals surface area contributed by atoms with E-state index in [1.165, 1.54) is 24.3 Å². The van der Waals surface area contributed by atoms with Crippen LogP contribution >= 0.6 is 0 Å². The van der Waals surface area contributed by atoms with Gasteiger partial charge in [0.2, 0.25) is 0 Å². The topological polar surface area (TPSA) is 260 Å². The van der Waals surface area contributed by atoms with Crippen molar-refractivity contribution in [2.75, 3.05) is 13.2 Å². The lowest BCUT2D eigenvalue weighted by molar-refractivity contribution is -0.342. The summed E-state index contributed by atoms with van der Waals surface area (Å²) in [5, 5.41) is 103. The van der Waals surface area contributed by atoms with Crippen molar-refractivity contribution in [3.63, 3.8) is 0 Å². The van der Waals surface area contributed by atoms with Gasteiger partial charge in [-0.25, -0.2) is 0 Å². The van der Waals surface area contributed by atoms with Gasteiger partial charge in [0.05, 0.1) is 18.8 Å². The minimum absolute atomic E-state index is 0.0247. The molecule has 15 heteroatoms. The molecule has 42 heavy (non-hydrogen) atoms. The van der Waals surface area contributed by atoms with Crippen LogP contribution in [0.25, 0.3) is 22.3 Å². The van der Waals surface area contributed by atoms with Gasteiger partial charge in [0.15, 0.2) is 11.7 Å². The number of fused-ring (bicyclic) bond motifs is 1. The quantitative estimate of drug-likeness (QED) is 0.147. The molecule has 10 N–H and O–H groups in total. The van der Waals surface area contributed by atoms with Crippen LogP contribution in [-0.2, 0) is 14.2 Å².